The Hall–Kier alpha value is -1.98. The molecule has 2 aromatic rings. The number of para-hydroxylation sites is 1. The van der Waals surface area contributed by atoms with Crippen molar-refractivity contribution in [3.8, 4) is 0 Å². The highest BCUT2D eigenvalue weighted by Crippen LogP contribution is 2.32. The van der Waals surface area contributed by atoms with Crippen LogP contribution in [0.1, 0.15) is 10.4 Å². The van der Waals surface area contributed by atoms with Crippen LogP contribution < -0.4 is 10.6 Å². The minimum Gasteiger partial charge on any atom is -0.324 e. The molecule has 4 nitrogen and oxygen atoms in total. The van der Waals surface area contributed by atoms with Gasteiger partial charge in [-0.25, -0.2) is 0 Å². The number of benzene rings is 2. The van der Waals surface area contributed by atoms with Gasteiger partial charge >= 0.3 is 0 Å². The quantitative estimate of drug-likeness (QED) is 0.889. The summed E-state index contributed by atoms with van der Waals surface area (Å²) in [5.41, 5.74) is 1.69. The molecular formula is C15H11ClN2O2S. The maximum atomic E-state index is 12.2. The number of nitrogens with one attached hydrogen (secondary N) is 2. The van der Waals surface area contributed by atoms with Gasteiger partial charge in [0, 0.05) is 10.5 Å². The first-order valence-electron chi connectivity index (χ1n) is 6.26. The molecule has 1 aliphatic heterocycles. The summed E-state index contributed by atoms with van der Waals surface area (Å²) < 4.78 is 0. The van der Waals surface area contributed by atoms with Gasteiger partial charge in [0.15, 0.2) is 0 Å². The summed E-state index contributed by atoms with van der Waals surface area (Å²) in [6.07, 6.45) is 0. The SMILES string of the molecule is O=C1CSc2ccc(C(=O)Nc3ccccc3Cl)cc2N1. The standard InChI is InChI=1S/C15H11ClN2O2S/c16-10-3-1-2-4-11(10)18-15(20)9-5-6-13-12(7-9)17-14(19)8-21-13/h1-7H,8H2,(H,17,19)(H,18,20). The van der Waals surface area contributed by atoms with Gasteiger partial charge in [0.25, 0.3) is 5.91 Å². The van der Waals surface area contributed by atoms with Crippen molar-refractivity contribution in [3.05, 3.63) is 53.1 Å². The molecule has 106 valence electrons. The molecule has 0 aliphatic carbocycles. The third-order valence-corrected chi connectivity index (χ3v) is 4.40. The van der Waals surface area contributed by atoms with Crippen LogP contribution in [0.2, 0.25) is 5.02 Å². The third kappa shape index (κ3) is 3.04. The first-order valence-corrected chi connectivity index (χ1v) is 7.62. The molecule has 0 aromatic heterocycles. The molecular weight excluding hydrogens is 308 g/mol. The van der Waals surface area contributed by atoms with Gasteiger partial charge in [-0.2, -0.15) is 0 Å². The molecule has 1 aliphatic rings. The van der Waals surface area contributed by atoms with Gasteiger partial charge in [-0.3, -0.25) is 9.59 Å². The van der Waals surface area contributed by atoms with Crippen molar-refractivity contribution in [1.29, 1.82) is 0 Å². The van der Waals surface area contributed by atoms with E-state index in [9.17, 15) is 9.59 Å². The molecule has 6 heteroatoms. The van der Waals surface area contributed by atoms with Crippen molar-refractivity contribution < 1.29 is 9.59 Å². The number of rotatable bonds is 2. The van der Waals surface area contributed by atoms with E-state index in [1.54, 1.807) is 36.4 Å². The van der Waals surface area contributed by atoms with Gasteiger partial charge in [0.1, 0.15) is 0 Å². The summed E-state index contributed by atoms with van der Waals surface area (Å²) in [5, 5.41) is 6.00. The van der Waals surface area contributed by atoms with Crippen molar-refractivity contribution in [2.45, 2.75) is 4.90 Å². The van der Waals surface area contributed by atoms with Crippen LogP contribution in [0, 0.1) is 0 Å². The van der Waals surface area contributed by atoms with E-state index in [0.717, 1.165) is 4.90 Å². The van der Waals surface area contributed by atoms with Crippen molar-refractivity contribution in [2.24, 2.45) is 0 Å². The molecule has 0 fully saturated rings. The summed E-state index contributed by atoms with van der Waals surface area (Å²) >= 11 is 7.47. The van der Waals surface area contributed by atoms with Gasteiger partial charge in [-0.05, 0) is 30.3 Å². The Bertz CT molecular complexity index is 733. The molecule has 2 aromatic carbocycles. The topological polar surface area (TPSA) is 58.2 Å². The lowest BCUT2D eigenvalue weighted by Gasteiger charge is -2.17. The highest BCUT2D eigenvalue weighted by Gasteiger charge is 2.17. The van der Waals surface area contributed by atoms with Crippen LogP contribution in [0.15, 0.2) is 47.4 Å². The van der Waals surface area contributed by atoms with Crippen LogP contribution in [0.25, 0.3) is 0 Å². The van der Waals surface area contributed by atoms with Gasteiger partial charge in [-0.1, -0.05) is 23.7 Å². The first kappa shape index (κ1) is 14.0. The van der Waals surface area contributed by atoms with Gasteiger partial charge in [0.05, 0.1) is 22.2 Å². The fourth-order valence-corrected chi connectivity index (χ4v) is 2.95. The van der Waals surface area contributed by atoms with E-state index >= 15 is 0 Å². The van der Waals surface area contributed by atoms with Crippen LogP contribution in [0.5, 0.6) is 0 Å². The molecule has 0 saturated heterocycles. The summed E-state index contributed by atoms with van der Waals surface area (Å²) in [5.74, 6) is 0.0740. The number of anilines is 2. The zero-order chi connectivity index (χ0) is 14.8. The van der Waals surface area contributed by atoms with Crippen molar-refractivity contribution in [1.82, 2.24) is 0 Å². The van der Waals surface area contributed by atoms with Gasteiger partial charge in [0.2, 0.25) is 5.91 Å². The largest absolute Gasteiger partial charge is 0.324 e. The lowest BCUT2D eigenvalue weighted by molar-refractivity contribution is -0.113. The second-order valence-corrected chi connectivity index (χ2v) is 5.91. The Morgan fingerprint density at radius 2 is 2.05 bits per heavy atom. The predicted molar refractivity (Wildman–Crippen MR) is 85.2 cm³/mol. The second kappa shape index (κ2) is 5.79. The molecule has 0 spiro atoms. The Morgan fingerprint density at radius 1 is 1.24 bits per heavy atom. The molecule has 0 saturated carbocycles. The average Bonchev–Trinajstić information content (AvgIpc) is 2.48. The minimum atomic E-state index is -0.268. The van der Waals surface area contributed by atoms with E-state index in [2.05, 4.69) is 10.6 Å². The lowest BCUT2D eigenvalue weighted by Crippen LogP contribution is -2.20. The van der Waals surface area contributed by atoms with Crippen molar-refractivity contribution >= 4 is 46.6 Å². The summed E-state index contributed by atoms with van der Waals surface area (Å²) in [7, 11) is 0. The van der Waals surface area contributed by atoms with Crippen LogP contribution in [0.3, 0.4) is 0 Å². The molecule has 0 unspecified atom stereocenters. The highest BCUT2D eigenvalue weighted by molar-refractivity contribution is 8.00. The number of thioether (sulfide) groups is 1. The Morgan fingerprint density at radius 3 is 2.86 bits per heavy atom. The highest BCUT2D eigenvalue weighted by atomic mass is 35.5. The number of hydrogen-bond donors (Lipinski definition) is 2. The zero-order valence-electron chi connectivity index (χ0n) is 10.9. The molecule has 21 heavy (non-hydrogen) atoms. The second-order valence-electron chi connectivity index (χ2n) is 4.48. The van der Waals surface area contributed by atoms with Crippen LogP contribution in [-0.4, -0.2) is 17.6 Å². The molecule has 0 radical (unpaired) electrons. The molecule has 2 N–H and O–H groups in total. The summed E-state index contributed by atoms with van der Waals surface area (Å²) in [6, 6.07) is 12.3. The Balaban J connectivity index is 1.84. The Labute approximate surface area is 130 Å². The van der Waals surface area contributed by atoms with E-state index in [4.69, 9.17) is 11.6 Å². The van der Waals surface area contributed by atoms with E-state index < -0.39 is 0 Å². The number of hydrogen-bond acceptors (Lipinski definition) is 3. The average molecular weight is 319 g/mol. The molecule has 3 rings (SSSR count). The molecule has 2 amide bonds. The number of halogens is 1. The maximum Gasteiger partial charge on any atom is 0.255 e. The number of fused-ring (bicyclic) bond motifs is 1. The minimum absolute atomic E-state index is 0.0591. The van der Waals surface area contributed by atoms with Crippen molar-refractivity contribution in [2.75, 3.05) is 16.4 Å². The number of carbonyl (C=O) groups excluding carboxylic acids is 2. The fourth-order valence-electron chi connectivity index (χ4n) is 1.98. The lowest BCUT2D eigenvalue weighted by atomic mass is 10.1. The van der Waals surface area contributed by atoms with E-state index in [1.807, 2.05) is 6.07 Å². The smallest absolute Gasteiger partial charge is 0.255 e. The number of carbonyl (C=O) groups is 2. The van der Waals surface area contributed by atoms with E-state index in [-0.39, 0.29) is 11.8 Å². The van der Waals surface area contributed by atoms with Crippen LogP contribution in [-0.2, 0) is 4.79 Å². The molecule has 0 bridgehead atoms. The maximum absolute atomic E-state index is 12.2. The first-order chi connectivity index (χ1) is 10.1. The van der Waals surface area contributed by atoms with Gasteiger partial charge < -0.3 is 10.6 Å². The Kier molecular flexibility index (Phi) is 3.86. The fraction of sp³-hybridized carbons (Fsp3) is 0.0667. The molecule has 1 heterocycles. The third-order valence-electron chi connectivity index (χ3n) is 3.00. The van der Waals surface area contributed by atoms with Gasteiger partial charge in [-0.15, -0.1) is 11.8 Å². The monoisotopic (exact) mass is 318 g/mol. The van der Waals surface area contributed by atoms with Crippen molar-refractivity contribution in [3.63, 3.8) is 0 Å². The summed E-state index contributed by atoms with van der Waals surface area (Å²) in [6.45, 7) is 0. The predicted octanol–water partition coefficient (Wildman–Crippen LogP) is 3.64. The number of amides is 2. The normalized spacial score (nSPS) is 13.3. The van der Waals surface area contributed by atoms with E-state index in [0.29, 0.717) is 27.7 Å². The molecule has 0 atom stereocenters. The zero-order valence-corrected chi connectivity index (χ0v) is 12.4. The van der Waals surface area contributed by atoms with Crippen LogP contribution in [0.4, 0.5) is 11.4 Å². The van der Waals surface area contributed by atoms with E-state index in [1.165, 1.54) is 11.8 Å². The summed E-state index contributed by atoms with van der Waals surface area (Å²) in [4.78, 5) is 24.6. The van der Waals surface area contributed by atoms with Crippen LogP contribution >= 0.6 is 23.4 Å².